The zero-order chi connectivity index (χ0) is 21.2. The predicted molar refractivity (Wildman–Crippen MR) is 122 cm³/mol. The molecule has 2 aromatic carbocycles. The van der Waals surface area contributed by atoms with E-state index in [0.717, 1.165) is 42.8 Å². The Bertz CT molecular complexity index is 1180. The number of rotatable bonds is 4. The van der Waals surface area contributed by atoms with Gasteiger partial charge >= 0.3 is 0 Å². The highest BCUT2D eigenvalue weighted by atomic mass is 32.1. The number of benzene rings is 2. The molecular weight excluding hydrogens is 411 g/mol. The molecule has 3 heterocycles. The summed E-state index contributed by atoms with van der Waals surface area (Å²) < 4.78 is 19.2. The van der Waals surface area contributed by atoms with E-state index in [1.54, 1.807) is 23.5 Å². The molecule has 0 bridgehead atoms. The molecule has 5 rings (SSSR count). The molecule has 31 heavy (non-hydrogen) atoms. The van der Waals surface area contributed by atoms with Crippen LogP contribution in [-0.2, 0) is 6.54 Å². The van der Waals surface area contributed by atoms with E-state index in [1.807, 2.05) is 11.0 Å². The summed E-state index contributed by atoms with van der Waals surface area (Å²) in [6.07, 6.45) is 0.898. The van der Waals surface area contributed by atoms with Gasteiger partial charge in [-0.3, -0.25) is 9.69 Å². The first kappa shape index (κ1) is 20.0. The van der Waals surface area contributed by atoms with E-state index in [1.165, 1.54) is 23.3 Å². The SMILES string of the molecule is O=C(c1ccc(F)cc1)N1CCCN(Cc2cc3cc(-c4ccsc4)ccc3o2)CC1. The summed E-state index contributed by atoms with van der Waals surface area (Å²) in [7, 11) is 0. The quantitative estimate of drug-likeness (QED) is 0.417. The predicted octanol–water partition coefficient (Wildman–Crippen LogP) is 5.65. The summed E-state index contributed by atoms with van der Waals surface area (Å²) >= 11 is 1.70. The van der Waals surface area contributed by atoms with E-state index >= 15 is 0 Å². The molecule has 158 valence electrons. The molecule has 4 nitrogen and oxygen atoms in total. The Kier molecular flexibility index (Phi) is 5.57. The van der Waals surface area contributed by atoms with Crippen molar-refractivity contribution in [1.82, 2.24) is 9.80 Å². The van der Waals surface area contributed by atoms with Crippen LogP contribution in [0.2, 0.25) is 0 Å². The van der Waals surface area contributed by atoms with Crippen LogP contribution >= 0.6 is 11.3 Å². The molecule has 0 saturated carbocycles. The smallest absolute Gasteiger partial charge is 0.253 e. The van der Waals surface area contributed by atoms with E-state index in [9.17, 15) is 9.18 Å². The molecule has 2 aromatic heterocycles. The lowest BCUT2D eigenvalue weighted by molar-refractivity contribution is 0.0761. The lowest BCUT2D eigenvalue weighted by Crippen LogP contribution is -2.35. The Labute approximate surface area is 184 Å². The summed E-state index contributed by atoms with van der Waals surface area (Å²) in [6, 6.07) is 16.3. The van der Waals surface area contributed by atoms with Crippen LogP contribution in [0.15, 0.2) is 69.8 Å². The third-order valence-corrected chi connectivity index (χ3v) is 6.45. The van der Waals surface area contributed by atoms with Gasteiger partial charge in [0.2, 0.25) is 0 Å². The lowest BCUT2D eigenvalue weighted by atomic mass is 10.1. The molecule has 0 N–H and O–H groups in total. The van der Waals surface area contributed by atoms with Gasteiger partial charge < -0.3 is 9.32 Å². The van der Waals surface area contributed by atoms with Crippen molar-refractivity contribution in [3.05, 3.63) is 82.5 Å². The first-order valence-corrected chi connectivity index (χ1v) is 11.4. The standard InChI is InChI=1S/C25H23FN2O2S/c26-22-5-2-18(3-6-22)25(29)28-10-1-9-27(11-12-28)16-23-15-21-14-19(4-7-24(21)30-23)20-8-13-31-17-20/h2-8,13-15,17H,1,9-12,16H2. The summed E-state index contributed by atoms with van der Waals surface area (Å²) in [6.45, 7) is 3.77. The van der Waals surface area contributed by atoms with Crippen LogP contribution in [0.5, 0.6) is 0 Å². The van der Waals surface area contributed by atoms with Crippen molar-refractivity contribution in [2.75, 3.05) is 26.2 Å². The number of carbonyl (C=O) groups is 1. The van der Waals surface area contributed by atoms with Gasteiger partial charge in [-0.25, -0.2) is 4.39 Å². The highest BCUT2D eigenvalue weighted by Gasteiger charge is 2.21. The van der Waals surface area contributed by atoms with Gasteiger partial charge in [-0.2, -0.15) is 11.3 Å². The number of amides is 1. The highest BCUT2D eigenvalue weighted by Crippen LogP contribution is 2.28. The normalized spacial score (nSPS) is 15.3. The number of hydrogen-bond acceptors (Lipinski definition) is 4. The number of furan rings is 1. The molecule has 1 saturated heterocycles. The molecule has 6 heteroatoms. The maximum absolute atomic E-state index is 13.1. The second-order valence-electron chi connectivity index (χ2n) is 7.91. The minimum atomic E-state index is -0.327. The van der Waals surface area contributed by atoms with E-state index in [4.69, 9.17) is 4.42 Å². The molecule has 0 unspecified atom stereocenters. The van der Waals surface area contributed by atoms with Gasteiger partial charge in [-0.15, -0.1) is 0 Å². The third-order valence-electron chi connectivity index (χ3n) is 5.77. The van der Waals surface area contributed by atoms with Crippen LogP contribution < -0.4 is 0 Å². The van der Waals surface area contributed by atoms with E-state index in [2.05, 4.69) is 39.9 Å². The first-order chi connectivity index (χ1) is 15.2. The lowest BCUT2D eigenvalue weighted by Gasteiger charge is -2.21. The van der Waals surface area contributed by atoms with E-state index in [0.29, 0.717) is 18.7 Å². The topological polar surface area (TPSA) is 36.7 Å². The van der Waals surface area contributed by atoms with Crippen molar-refractivity contribution in [3.63, 3.8) is 0 Å². The summed E-state index contributed by atoms with van der Waals surface area (Å²) in [5.41, 5.74) is 3.87. The van der Waals surface area contributed by atoms with Crippen molar-refractivity contribution in [1.29, 1.82) is 0 Å². The molecule has 1 aliphatic heterocycles. The number of halogens is 1. The summed E-state index contributed by atoms with van der Waals surface area (Å²) in [5.74, 6) is 0.578. The Hall–Kier alpha value is -2.96. The fraction of sp³-hybridized carbons (Fsp3) is 0.240. The number of nitrogens with zero attached hydrogens (tertiary/aromatic N) is 2. The van der Waals surface area contributed by atoms with Crippen molar-refractivity contribution in [2.24, 2.45) is 0 Å². The van der Waals surface area contributed by atoms with Gasteiger partial charge in [0.1, 0.15) is 17.2 Å². The minimum absolute atomic E-state index is 0.0356. The summed E-state index contributed by atoms with van der Waals surface area (Å²) in [4.78, 5) is 16.9. The van der Waals surface area contributed by atoms with Gasteiger partial charge in [-0.1, -0.05) is 6.07 Å². The number of carbonyl (C=O) groups excluding carboxylic acids is 1. The van der Waals surface area contributed by atoms with Crippen LogP contribution in [0.1, 0.15) is 22.5 Å². The van der Waals surface area contributed by atoms with E-state index in [-0.39, 0.29) is 11.7 Å². The Morgan fingerprint density at radius 3 is 2.65 bits per heavy atom. The third kappa shape index (κ3) is 4.40. The van der Waals surface area contributed by atoms with Crippen LogP contribution in [0.4, 0.5) is 4.39 Å². The second-order valence-corrected chi connectivity index (χ2v) is 8.69. The van der Waals surface area contributed by atoms with Gasteiger partial charge in [0.15, 0.2) is 0 Å². The molecule has 1 amide bonds. The zero-order valence-electron chi connectivity index (χ0n) is 17.1. The second kappa shape index (κ2) is 8.65. The molecule has 0 radical (unpaired) electrons. The molecule has 1 fully saturated rings. The van der Waals surface area contributed by atoms with Gasteiger partial charge in [0.05, 0.1) is 6.54 Å². The molecule has 4 aromatic rings. The fourth-order valence-corrected chi connectivity index (χ4v) is 4.78. The molecule has 0 spiro atoms. The number of fused-ring (bicyclic) bond motifs is 1. The van der Waals surface area contributed by atoms with Gasteiger partial charge in [-0.05, 0) is 76.8 Å². The Balaban J connectivity index is 1.25. The number of thiophene rings is 1. The maximum Gasteiger partial charge on any atom is 0.253 e. The Morgan fingerprint density at radius 1 is 0.968 bits per heavy atom. The largest absolute Gasteiger partial charge is 0.460 e. The first-order valence-electron chi connectivity index (χ1n) is 10.5. The fourth-order valence-electron chi connectivity index (χ4n) is 4.11. The monoisotopic (exact) mass is 434 g/mol. The van der Waals surface area contributed by atoms with Crippen LogP contribution in [0.25, 0.3) is 22.1 Å². The van der Waals surface area contributed by atoms with Crippen molar-refractivity contribution < 1.29 is 13.6 Å². The maximum atomic E-state index is 13.1. The molecule has 1 aliphatic rings. The average Bonchev–Trinajstić information content (AvgIpc) is 3.39. The molecule has 0 aliphatic carbocycles. The molecular formula is C25H23FN2O2S. The van der Waals surface area contributed by atoms with Gasteiger partial charge in [0, 0.05) is 37.1 Å². The zero-order valence-corrected chi connectivity index (χ0v) is 17.9. The van der Waals surface area contributed by atoms with Crippen LogP contribution in [0, 0.1) is 5.82 Å². The van der Waals surface area contributed by atoms with Crippen molar-refractivity contribution in [3.8, 4) is 11.1 Å². The number of hydrogen-bond donors (Lipinski definition) is 0. The van der Waals surface area contributed by atoms with Crippen molar-refractivity contribution >= 4 is 28.2 Å². The van der Waals surface area contributed by atoms with Crippen LogP contribution in [-0.4, -0.2) is 41.9 Å². The van der Waals surface area contributed by atoms with Gasteiger partial charge in [0.25, 0.3) is 5.91 Å². The Morgan fingerprint density at radius 2 is 1.84 bits per heavy atom. The highest BCUT2D eigenvalue weighted by molar-refractivity contribution is 7.08. The minimum Gasteiger partial charge on any atom is -0.460 e. The molecule has 0 atom stereocenters. The van der Waals surface area contributed by atoms with Crippen molar-refractivity contribution in [2.45, 2.75) is 13.0 Å². The van der Waals surface area contributed by atoms with E-state index < -0.39 is 0 Å². The summed E-state index contributed by atoms with van der Waals surface area (Å²) in [5, 5.41) is 5.35. The average molecular weight is 435 g/mol. The van der Waals surface area contributed by atoms with Crippen LogP contribution in [0.3, 0.4) is 0 Å².